The Balaban J connectivity index is 4.38. The zero-order chi connectivity index (χ0) is 9.83. The van der Waals surface area contributed by atoms with E-state index in [0.29, 0.717) is 0 Å². The predicted molar refractivity (Wildman–Crippen MR) is 51.9 cm³/mol. The minimum Gasteiger partial charge on any atom is -0.322 e. The average molecular weight is 175 g/mol. The fourth-order valence-corrected chi connectivity index (χ4v) is 1.61. The summed E-state index contributed by atoms with van der Waals surface area (Å²) >= 11 is 0. The molecule has 0 aromatic rings. The summed E-state index contributed by atoms with van der Waals surface area (Å²) in [5, 5.41) is 0. The predicted octanol–water partition coefficient (Wildman–Crippen LogP) is 3.03. The number of nitrogens with two attached hydrogens (primary N) is 1. The molecule has 0 atom stereocenters. The quantitative estimate of drug-likeness (QED) is 0.683. The van der Waals surface area contributed by atoms with E-state index in [-0.39, 0.29) is 0 Å². The molecule has 0 aliphatic carbocycles. The van der Waals surface area contributed by atoms with Crippen molar-refractivity contribution < 1.29 is 4.39 Å². The third-order valence-electron chi connectivity index (χ3n) is 2.58. The van der Waals surface area contributed by atoms with Crippen molar-refractivity contribution >= 4 is 0 Å². The Kier molecular flexibility index (Phi) is 4.18. The van der Waals surface area contributed by atoms with Gasteiger partial charge in [-0.05, 0) is 26.7 Å². The summed E-state index contributed by atoms with van der Waals surface area (Å²) in [4.78, 5) is 0. The molecule has 0 aromatic carbocycles. The van der Waals surface area contributed by atoms with E-state index in [1.165, 1.54) is 0 Å². The van der Waals surface area contributed by atoms with E-state index in [9.17, 15) is 4.39 Å². The highest BCUT2D eigenvalue weighted by Gasteiger charge is 2.40. The summed E-state index contributed by atoms with van der Waals surface area (Å²) in [6, 6.07) is 0. The van der Waals surface area contributed by atoms with Gasteiger partial charge < -0.3 is 5.73 Å². The van der Waals surface area contributed by atoms with Gasteiger partial charge in [-0.15, -0.1) is 0 Å². The molecule has 0 amide bonds. The molecule has 2 heteroatoms. The maximum absolute atomic E-state index is 13.7. The van der Waals surface area contributed by atoms with E-state index in [1.54, 1.807) is 13.8 Å². The molecule has 0 saturated heterocycles. The number of halogens is 1. The topological polar surface area (TPSA) is 26.0 Å². The summed E-state index contributed by atoms with van der Waals surface area (Å²) in [5.41, 5.74) is 4.13. The minimum atomic E-state index is -1.26. The molecule has 2 N–H and O–H groups in total. The van der Waals surface area contributed by atoms with Gasteiger partial charge in [-0.2, -0.15) is 0 Å². The molecule has 0 fully saturated rings. The van der Waals surface area contributed by atoms with Crippen LogP contribution in [0.5, 0.6) is 0 Å². The first-order valence-corrected chi connectivity index (χ1v) is 4.85. The maximum Gasteiger partial charge on any atom is 0.123 e. The number of alkyl halides is 1. The molecule has 1 nitrogen and oxygen atoms in total. The van der Waals surface area contributed by atoms with Crippen LogP contribution in [0.25, 0.3) is 0 Å². The first-order chi connectivity index (χ1) is 5.37. The van der Waals surface area contributed by atoms with Crippen LogP contribution >= 0.6 is 0 Å². The smallest absolute Gasteiger partial charge is 0.123 e. The van der Waals surface area contributed by atoms with E-state index in [0.717, 1.165) is 25.7 Å². The summed E-state index contributed by atoms with van der Waals surface area (Å²) in [6.07, 6.45) is 3.43. The van der Waals surface area contributed by atoms with Crippen LogP contribution in [0.1, 0.15) is 53.4 Å². The average Bonchev–Trinajstić information content (AvgIpc) is 1.86. The zero-order valence-corrected chi connectivity index (χ0v) is 8.78. The molecule has 0 heterocycles. The standard InChI is InChI=1S/C10H22FN/c1-5-7-10(12,8-6-2)9(3,4)11/h5-8,12H2,1-4H3. The molecule has 0 aliphatic heterocycles. The number of rotatable bonds is 5. The van der Waals surface area contributed by atoms with Crippen molar-refractivity contribution in [2.45, 2.75) is 64.6 Å². The van der Waals surface area contributed by atoms with Crippen molar-refractivity contribution in [2.75, 3.05) is 0 Å². The molecule has 0 saturated carbocycles. The lowest BCUT2D eigenvalue weighted by Gasteiger charge is -2.38. The van der Waals surface area contributed by atoms with Crippen molar-refractivity contribution in [3.8, 4) is 0 Å². The fourth-order valence-electron chi connectivity index (χ4n) is 1.61. The summed E-state index contributed by atoms with van der Waals surface area (Å²) < 4.78 is 13.7. The normalized spacial score (nSPS) is 13.5. The lowest BCUT2D eigenvalue weighted by Crippen LogP contribution is -2.54. The van der Waals surface area contributed by atoms with E-state index < -0.39 is 11.2 Å². The van der Waals surface area contributed by atoms with Gasteiger partial charge in [0, 0.05) is 5.54 Å². The highest BCUT2D eigenvalue weighted by atomic mass is 19.1. The van der Waals surface area contributed by atoms with Crippen LogP contribution in [0.3, 0.4) is 0 Å². The lowest BCUT2D eigenvalue weighted by atomic mass is 9.77. The highest BCUT2D eigenvalue weighted by molar-refractivity contribution is 4.97. The second kappa shape index (κ2) is 4.22. The fraction of sp³-hybridized carbons (Fsp3) is 1.00. The van der Waals surface area contributed by atoms with Crippen molar-refractivity contribution in [3.05, 3.63) is 0 Å². The summed E-state index contributed by atoms with van der Waals surface area (Å²) in [7, 11) is 0. The van der Waals surface area contributed by atoms with Crippen LogP contribution in [-0.2, 0) is 0 Å². The summed E-state index contributed by atoms with van der Waals surface area (Å²) in [5.74, 6) is 0. The monoisotopic (exact) mass is 175 g/mol. The molecule has 0 spiro atoms. The van der Waals surface area contributed by atoms with Gasteiger partial charge in [-0.25, -0.2) is 4.39 Å². The van der Waals surface area contributed by atoms with Crippen LogP contribution in [0, 0.1) is 0 Å². The Morgan fingerprint density at radius 1 is 1.08 bits per heavy atom. The Morgan fingerprint density at radius 3 is 1.58 bits per heavy atom. The largest absolute Gasteiger partial charge is 0.322 e. The molecule has 0 radical (unpaired) electrons. The summed E-state index contributed by atoms with van der Waals surface area (Å²) in [6.45, 7) is 7.25. The molecule has 0 bridgehead atoms. The molecular weight excluding hydrogens is 153 g/mol. The lowest BCUT2D eigenvalue weighted by molar-refractivity contribution is 0.0776. The van der Waals surface area contributed by atoms with Crippen LogP contribution in [-0.4, -0.2) is 11.2 Å². The SMILES string of the molecule is CCCC(N)(CCC)C(C)(C)F. The molecular formula is C10H22FN. The van der Waals surface area contributed by atoms with Crippen LogP contribution in [0.2, 0.25) is 0 Å². The third kappa shape index (κ3) is 2.74. The second-order valence-corrected chi connectivity index (χ2v) is 4.13. The van der Waals surface area contributed by atoms with Crippen LogP contribution in [0.15, 0.2) is 0 Å². The van der Waals surface area contributed by atoms with Gasteiger partial charge in [0.1, 0.15) is 5.67 Å². The molecule has 0 aliphatic rings. The van der Waals surface area contributed by atoms with Crippen molar-refractivity contribution in [1.82, 2.24) is 0 Å². The van der Waals surface area contributed by atoms with E-state index >= 15 is 0 Å². The Bertz CT molecular complexity index is 120. The van der Waals surface area contributed by atoms with Crippen molar-refractivity contribution in [1.29, 1.82) is 0 Å². The van der Waals surface area contributed by atoms with Gasteiger partial charge in [0.2, 0.25) is 0 Å². The van der Waals surface area contributed by atoms with Gasteiger partial charge in [0.05, 0.1) is 0 Å². The Hall–Kier alpha value is -0.110. The molecule has 0 aromatic heterocycles. The molecule has 0 rings (SSSR count). The van der Waals surface area contributed by atoms with E-state index in [1.807, 2.05) is 13.8 Å². The van der Waals surface area contributed by atoms with Gasteiger partial charge in [-0.1, -0.05) is 26.7 Å². The van der Waals surface area contributed by atoms with Gasteiger partial charge in [-0.3, -0.25) is 0 Å². The van der Waals surface area contributed by atoms with Gasteiger partial charge in [0.25, 0.3) is 0 Å². The molecule has 0 unspecified atom stereocenters. The third-order valence-corrected chi connectivity index (χ3v) is 2.58. The van der Waals surface area contributed by atoms with Crippen molar-refractivity contribution in [3.63, 3.8) is 0 Å². The molecule has 12 heavy (non-hydrogen) atoms. The van der Waals surface area contributed by atoms with Crippen LogP contribution in [0.4, 0.5) is 4.39 Å². The number of hydrogen-bond acceptors (Lipinski definition) is 1. The first kappa shape index (κ1) is 11.9. The maximum atomic E-state index is 13.7. The highest BCUT2D eigenvalue weighted by Crippen LogP contribution is 2.31. The Morgan fingerprint density at radius 2 is 1.42 bits per heavy atom. The zero-order valence-electron chi connectivity index (χ0n) is 8.78. The van der Waals surface area contributed by atoms with E-state index in [4.69, 9.17) is 5.73 Å². The van der Waals surface area contributed by atoms with Gasteiger partial charge >= 0.3 is 0 Å². The Labute approximate surface area is 75.5 Å². The van der Waals surface area contributed by atoms with E-state index in [2.05, 4.69) is 0 Å². The van der Waals surface area contributed by atoms with Gasteiger partial charge in [0.15, 0.2) is 0 Å². The van der Waals surface area contributed by atoms with Crippen molar-refractivity contribution in [2.24, 2.45) is 5.73 Å². The molecule has 74 valence electrons. The minimum absolute atomic E-state index is 0.628. The van der Waals surface area contributed by atoms with Crippen LogP contribution < -0.4 is 5.73 Å². The second-order valence-electron chi connectivity index (χ2n) is 4.13. The first-order valence-electron chi connectivity index (χ1n) is 4.85. The number of hydrogen-bond donors (Lipinski definition) is 1.